The van der Waals surface area contributed by atoms with E-state index in [1.165, 1.54) is 0 Å². The Kier molecular flexibility index (Phi) is 3.85. The molecule has 0 aliphatic rings. The predicted octanol–water partition coefficient (Wildman–Crippen LogP) is 5.21. The maximum atomic E-state index is 11.2. The van der Waals surface area contributed by atoms with Gasteiger partial charge in [-0.25, -0.2) is 0 Å². The van der Waals surface area contributed by atoms with Crippen LogP contribution in [0.2, 0.25) is 0 Å². The first kappa shape index (κ1) is 15.8. The number of aryl methyl sites for hydroxylation is 1. The van der Waals surface area contributed by atoms with Crippen LogP contribution in [0.4, 0.5) is 5.69 Å². The Labute approximate surface area is 148 Å². The Morgan fingerprint density at radius 1 is 1.08 bits per heavy atom. The normalized spacial score (nSPS) is 11.4. The number of H-pyrrole nitrogens is 1. The second-order valence-electron chi connectivity index (χ2n) is 5.90. The first-order valence-electron chi connectivity index (χ1n) is 8.10. The molecular weight excluding hydrogens is 330 g/mol. The lowest BCUT2D eigenvalue weighted by Gasteiger charge is -2.00. The van der Waals surface area contributed by atoms with Crippen molar-refractivity contribution in [3.63, 3.8) is 0 Å². The number of rotatable bonds is 4. The van der Waals surface area contributed by atoms with Gasteiger partial charge in [-0.15, -0.1) is 0 Å². The second-order valence-corrected chi connectivity index (χ2v) is 5.90. The lowest BCUT2D eigenvalue weighted by Crippen LogP contribution is -1.90. The Bertz CT molecular complexity index is 1120. The number of aromatic amines is 1. The molecule has 0 aliphatic heterocycles. The van der Waals surface area contributed by atoms with Crippen LogP contribution in [0.15, 0.2) is 59.1 Å². The van der Waals surface area contributed by atoms with Crippen molar-refractivity contribution in [1.29, 1.82) is 0 Å². The molecule has 1 N–H and O–H groups in total. The monoisotopic (exact) mass is 345 g/mol. The fourth-order valence-corrected chi connectivity index (χ4v) is 3.04. The zero-order valence-electron chi connectivity index (χ0n) is 14.0. The summed E-state index contributed by atoms with van der Waals surface area (Å²) < 4.78 is 5.12. The van der Waals surface area contributed by atoms with Gasteiger partial charge in [0.2, 0.25) is 5.76 Å². The van der Waals surface area contributed by atoms with E-state index in [0.29, 0.717) is 0 Å². The SMILES string of the molecule is Cc1noc(C=Cc2c(-c3ccccc3)[nH]c3ccccc23)c1[N+](=O)[O-]. The van der Waals surface area contributed by atoms with Crippen LogP contribution in [0.3, 0.4) is 0 Å². The molecule has 0 fully saturated rings. The van der Waals surface area contributed by atoms with Gasteiger partial charge in [0.25, 0.3) is 0 Å². The van der Waals surface area contributed by atoms with Gasteiger partial charge in [-0.1, -0.05) is 53.7 Å². The van der Waals surface area contributed by atoms with Crippen molar-refractivity contribution in [2.75, 3.05) is 0 Å². The zero-order chi connectivity index (χ0) is 18.1. The molecule has 26 heavy (non-hydrogen) atoms. The van der Waals surface area contributed by atoms with Crippen molar-refractivity contribution in [3.8, 4) is 11.3 Å². The van der Waals surface area contributed by atoms with Crippen LogP contribution in [0.25, 0.3) is 34.3 Å². The van der Waals surface area contributed by atoms with Gasteiger partial charge in [-0.05, 0) is 30.7 Å². The van der Waals surface area contributed by atoms with Crippen molar-refractivity contribution in [1.82, 2.24) is 10.1 Å². The molecule has 4 rings (SSSR count). The van der Waals surface area contributed by atoms with Gasteiger partial charge >= 0.3 is 5.69 Å². The molecule has 0 aliphatic carbocycles. The fourth-order valence-electron chi connectivity index (χ4n) is 3.04. The minimum absolute atomic E-state index is 0.109. The first-order valence-corrected chi connectivity index (χ1v) is 8.10. The largest absolute Gasteiger partial charge is 0.354 e. The van der Waals surface area contributed by atoms with Crippen LogP contribution in [0.5, 0.6) is 0 Å². The molecule has 0 unspecified atom stereocenters. The lowest BCUT2D eigenvalue weighted by molar-refractivity contribution is -0.386. The van der Waals surface area contributed by atoms with Crippen LogP contribution >= 0.6 is 0 Å². The van der Waals surface area contributed by atoms with Crippen LogP contribution in [0.1, 0.15) is 17.0 Å². The van der Waals surface area contributed by atoms with Gasteiger partial charge in [0.05, 0.1) is 10.6 Å². The quantitative estimate of drug-likeness (QED) is 0.406. The summed E-state index contributed by atoms with van der Waals surface area (Å²) in [7, 11) is 0. The number of hydrogen-bond acceptors (Lipinski definition) is 4. The molecule has 6 heteroatoms. The Morgan fingerprint density at radius 2 is 1.81 bits per heavy atom. The molecular formula is C20H15N3O3. The Balaban J connectivity index is 1.87. The molecule has 2 aromatic carbocycles. The maximum Gasteiger partial charge on any atom is 0.338 e. The average Bonchev–Trinajstić information content (AvgIpc) is 3.21. The van der Waals surface area contributed by atoms with E-state index in [-0.39, 0.29) is 17.1 Å². The topological polar surface area (TPSA) is 85.0 Å². The summed E-state index contributed by atoms with van der Waals surface area (Å²) in [6, 6.07) is 17.9. The molecule has 0 atom stereocenters. The Hall–Kier alpha value is -3.67. The van der Waals surface area contributed by atoms with Gasteiger partial charge < -0.3 is 9.51 Å². The molecule has 4 aromatic rings. The maximum absolute atomic E-state index is 11.2. The van der Waals surface area contributed by atoms with Gasteiger partial charge in [-0.2, -0.15) is 0 Å². The number of hydrogen-bond donors (Lipinski definition) is 1. The van der Waals surface area contributed by atoms with Gasteiger partial charge in [-0.3, -0.25) is 10.1 Å². The molecule has 6 nitrogen and oxygen atoms in total. The van der Waals surface area contributed by atoms with Gasteiger partial charge in [0.15, 0.2) is 5.69 Å². The van der Waals surface area contributed by atoms with Crippen molar-refractivity contribution in [3.05, 3.63) is 81.7 Å². The standard InChI is InChI=1S/C20H15N3O3/c1-13-20(23(24)25)18(26-22-13)12-11-16-15-9-5-6-10-17(15)21-19(16)14-7-3-2-4-8-14/h2-12,21H,1H3. The summed E-state index contributed by atoms with van der Waals surface area (Å²) in [5.74, 6) is 0.136. The third-order valence-electron chi connectivity index (χ3n) is 4.25. The summed E-state index contributed by atoms with van der Waals surface area (Å²) in [4.78, 5) is 14.2. The van der Waals surface area contributed by atoms with E-state index in [0.717, 1.165) is 27.7 Å². The number of para-hydroxylation sites is 1. The highest BCUT2D eigenvalue weighted by Crippen LogP contribution is 2.33. The number of nitrogens with zero attached hydrogens (tertiary/aromatic N) is 2. The number of nitro groups is 1. The highest BCUT2D eigenvalue weighted by atomic mass is 16.6. The van der Waals surface area contributed by atoms with Crippen LogP contribution in [0, 0.1) is 17.0 Å². The number of nitrogens with one attached hydrogen (secondary N) is 1. The summed E-state index contributed by atoms with van der Waals surface area (Å²) >= 11 is 0. The molecule has 0 bridgehead atoms. The number of aromatic nitrogens is 2. The fraction of sp³-hybridized carbons (Fsp3) is 0.0500. The number of fused-ring (bicyclic) bond motifs is 1. The molecule has 2 aromatic heterocycles. The molecule has 0 saturated heterocycles. The average molecular weight is 345 g/mol. The van der Waals surface area contributed by atoms with E-state index in [1.807, 2.05) is 60.7 Å². The van der Waals surface area contributed by atoms with E-state index in [2.05, 4.69) is 10.1 Å². The van der Waals surface area contributed by atoms with E-state index in [9.17, 15) is 10.1 Å². The van der Waals surface area contributed by atoms with Crippen molar-refractivity contribution in [2.24, 2.45) is 0 Å². The summed E-state index contributed by atoms with van der Waals surface area (Å²) in [6.45, 7) is 1.56. The lowest BCUT2D eigenvalue weighted by atomic mass is 10.0. The smallest absolute Gasteiger partial charge is 0.338 e. The van der Waals surface area contributed by atoms with Crippen molar-refractivity contribution < 1.29 is 9.45 Å². The van der Waals surface area contributed by atoms with Gasteiger partial charge in [0, 0.05) is 16.5 Å². The van der Waals surface area contributed by atoms with Crippen molar-refractivity contribution in [2.45, 2.75) is 6.92 Å². The van der Waals surface area contributed by atoms with Crippen LogP contribution in [-0.2, 0) is 0 Å². The third kappa shape index (κ3) is 2.67. The molecule has 128 valence electrons. The van der Waals surface area contributed by atoms with Gasteiger partial charge in [0.1, 0.15) is 0 Å². The van der Waals surface area contributed by atoms with E-state index in [1.54, 1.807) is 13.0 Å². The highest BCUT2D eigenvalue weighted by Gasteiger charge is 2.22. The third-order valence-corrected chi connectivity index (χ3v) is 4.25. The molecule has 0 radical (unpaired) electrons. The summed E-state index contributed by atoms with van der Waals surface area (Å²) in [6.07, 6.45) is 3.42. The molecule has 0 saturated carbocycles. The van der Waals surface area contributed by atoms with E-state index in [4.69, 9.17) is 4.52 Å². The van der Waals surface area contributed by atoms with E-state index >= 15 is 0 Å². The predicted molar refractivity (Wildman–Crippen MR) is 101 cm³/mol. The molecule has 2 heterocycles. The summed E-state index contributed by atoms with van der Waals surface area (Å²) in [5.41, 5.74) is 4.07. The zero-order valence-corrected chi connectivity index (χ0v) is 14.0. The first-order chi connectivity index (χ1) is 12.6. The minimum atomic E-state index is -0.473. The Morgan fingerprint density at radius 3 is 2.58 bits per heavy atom. The minimum Gasteiger partial charge on any atom is -0.354 e. The molecule has 0 spiro atoms. The van der Waals surface area contributed by atoms with Crippen LogP contribution in [-0.4, -0.2) is 15.1 Å². The van der Waals surface area contributed by atoms with E-state index < -0.39 is 4.92 Å². The van der Waals surface area contributed by atoms with Crippen molar-refractivity contribution >= 4 is 28.7 Å². The summed E-state index contributed by atoms with van der Waals surface area (Å²) in [5, 5.41) is 16.0. The van der Waals surface area contributed by atoms with Crippen LogP contribution < -0.4 is 0 Å². The highest BCUT2D eigenvalue weighted by molar-refractivity contribution is 5.98. The molecule has 0 amide bonds. The number of benzene rings is 2. The second kappa shape index (κ2) is 6.33.